The minimum absolute atomic E-state index is 0.214. The molecule has 0 radical (unpaired) electrons. The third kappa shape index (κ3) is 3.56. The lowest BCUT2D eigenvalue weighted by Gasteiger charge is -2.35. The molecular formula is C16H23ClN2O3S. The van der Waals surface area contributed by atoms with Crippen molar-refractivity contribution in [2.45, 2.75) is 23.8 Å². The van der Waals surface area contributed by atoms with Crippen LogP contribution in [0, 0.1) is 5.92 Å². The summed E-state index contributed by atoms with van der Waals surface area (Å²) in [6.07, 6.45) is 2.13. The predicted molar refractivity (Wildman–Crippen MR) is 90.2 cm³/mol. The molecule has 3 heterocycles. The second-order valence-corrected chi connectivity index (χ2v) is 8.65. The van der Waals surface area contributed by atoms with Gasteiger partial charge in [-0.3, -0.25) is 4.90 Å². The van der Waals surface area contributed by atoms with Crippen molar-refractivity contribution in [2.75, 3.05) is 39.9 Å². The Kier molecular flexibility index (Phi) is 5.28. The van der Waals surface area contributed by atoms with Gasteiger partial charge in [-0.15, -0.1) is 0 Å². The Morgan fingerprint density at radius 1 is 1.22 bits per heavy atom. The SMILES string of the molecule is COCCN1C[C@H]2CC[C@@H]1CN(S(=O)(=O)c1ccccc1Cl)C2. The Balaban J connectivity index is 1.83. The molecule has 3 aliphatic rings. The molecule has 0 aromatic heterocycles. The summed E-state index contributed by atoms with van der Waals surface area (Å²) in [5.41, 5.74) is 0. The summed E-state index contributed by atoms with van der Waals surface area (Å²) in [5, 5.41) is 0.292. The first-order valence-electron chi connectivity index (χ1n) is 8.00. The molecule has 0 N–H and O–H groups in total. The van der Waals surface area contributed by atoms with Gasteiger partial charge < -0.3 is 4.74 Å². The molecule has 1 aromatic rings. The number of ether oxygens (including phenoxy) is 1. The van der Waals surface area contributed by atoms with Crippen molar-refractivity contribution >= 4 is 21.6 Å². The number of fused-ring (bicyclic) bond motifs is 4. The zero-order valence-electron chi connectivity index (χ0n) is 13.3. The van der Waals surface area contributed by atoms with Gasteiger partial charge in [0, 0.05) is 39.3 Å². The number of methoxy groups -OCH3 is 1. The molecule has 4 rings (SSSR count). The molecular weight excluding hydrogens is 336 g/mol. The maximum Gasteiger partial charge on any atom is 0.244 e. The van der Waals surface area contributed by atoms with E-state index in [1.165, 1.54) is 0 Å². The van der Waals surface area contributed by atoms with E-state index in [1.54, 1.807) is 35.7 Å². The number of hydrogen-bond acceptors (Lipinski definition) is 4. The molecule has 3 aliphatic heterocycles. The van der Waals surface area contributed by atoms with Gasteiger partial charge in [-0.2, -0.15) is 4.31 Å². The smallest absolute Gasteiger partial charge is 0.244 e. The molecule has 2 bridgehead atoms. The van der Waals surface area contributed by atoms with Crippen molar-refractivity contribution in [1.29, 1.82) is 0 Å². The van der Waals surface area contributed by atoms with Crippen molar-refractivity contribution < 1.29 is 13.2 Å². The standard InChI is InChI=1S/C16H23ClN2O3S/c1-22-9-8-18-10-13-6-7-14(18)12-19(11-13)23(20,21)16-5-3-2-4-15(16)17/h2-5,13-14H,6-12H2,1H3/t13-,14-/m1/s1. The highest BCUT2D eigenvalue weighted by Crippen LogP contribution is 2.32. The molecule has 3 fully saturated rings. The van der Waals surface area contributed by atoms with Crippen molar-refractivity contribution in [3.8, 4) is 0 Å². The number of piperidine rings is 1. The van der Waals surface area contributed by atoms with Crippen LogP contribution in [0.15, 0.2) is 29.2 Å². The third-order valence-corrected chi connectivity index (χ3v) is 7.16. The highest BCUT2D eigenvalue weighted by atomic mass is 35.5. The van der Waals surface area contributed by atoms with Crippen LogP contribution in [-0.4, -0.2) is 63.6 Å². The average molecular weight is 359 g/mol. The lowest BCUT2D eigenvalue weighted by Crippen LogP contribution is -2.45. The second kappa shape index (κ2) is 7.07. The van der Waals surface area contributed by atoms with Gasteiger partial charge in [-0.05, 0) is 30.9 Å². The van der Waals surface area contributed by atoms with E-state index >= 15 is 0 Å². The average Bonchev–Trinajstić information content (AvgIpc) is 2.85. The van der Waals surface area contributed by atoms with E-state index in [4.69, 9.17) is 16.3 Å². The Hall–Kier alpha value is -0.660. The number of halogens is 1. The van der Waals surface area contributed by atoms with Crippen LogP contribution in [0.5, 0.6) is 0 Å². The minimum Gasteiger partial charge on any atom is -0.383 e. The highest BCUT2D eigenvalue weighted by Gasteiger charge is 2.39. The largest absolute Gasteiger partial charge is 0.383 e. The lowest BCUT2D eigenvalue weighted by molar-refractivity contribution is 0.0881. The molecule has 5 nitrogen and oxygen atoms in total. The van der Waals surface area contributed by atoms with Crippen LogP contribution in [0.4, 0.5) is 0 Å². The summed E-state index contributed by atoms with van der Waals surface area (Å²) < 4.78 is 32.8. The molecule has 7 heteroatoms. The van der Waals surface area contributed by atoms with Gasteiger partial charge in [-0.25, -0.2) is 8.42 Å². The monoisotopic (exact) mass is 358 g/mol. The molecule has 3 saturated heterocycles. The van der Waals surface area contributed by atoms with Crippen molar-refractivity contribution in [3.05, 3.63) is 29.3 Å². The van der Waals surface area contributed by atoms with Gasteiger partial charge in [0.1, 0.15) is 4.90 Å². The second-order valence-electron chi connectivity index (χ2n) is 6.34. The van der Waals surface area contributed by atoms with E-state index in [-0.39, 0.29) is 10.9 Å². The molecule has 0 spiro atoms. The third-order valence-electron chi connectivity index (χ3n) is 4.83. The van der Waals surface area contributed by atoms with E-state index in [9.17, 15) is 8.42 Å². The normalized spacial score (nSPS) is 26.3. The highest BCUT2D eigenvalue weighted by molar-refractivity contribution is 7.89. The van der Waals surface area contributed by atoms with Crippen LogP contribution >= 0.6 is 11.6 Å². The Bertz CT molecular complexity index is 652. The van der Waals surface area contributed by atoms with Crippen molar-refractivity contribution in [2.24, 2.45) is 5.92 Å². The first-order valence-corrected chi connectivity index (χ1v) is 9.82. The maximum absolute atomic E-state index is 13.0. The lowest BCUT2D eigenvalue weighted by atomic mass is 9.95. The molecule has 0 saturated carbocycles. The number of nitrogens with zero attached hydrogens (tertiary/aromatic N) is 2. The summed E-state index contributed by atoms with van der Waals surface area (Å²) in [7, 11) is -1.84. The fourth-order valence-electron chi connectivity index (χ4n) is 3.61. The molecule has 1 aromatic carbocycles. The molecule has 128 valence electrons. The zero-order valence-corrected chi connectivity index (χ0v) is 14.9. The molecule has 2 atom stereocenters. The summed E-state index contributed by atoms with van der Waals surface area (Å²) in [6.45, 7) is 3.60. The van der Waals surface area contributed by atoms with Crippen LogP contribution < -0.4 is 0 Å². The van der Waals surface area contributed by atoms with Gasteiger partial charge >= 0.3 is 0 Å². The number of rotatable bonds is 5. The van der Waals surface area contributed by atoms with Crippen LogP contribution in [0.2, 0.25) is 5.02 Å². The van der Waals surface area contributed by atoms with Crippen LogP contribution in [0.3, 0.4) is 0 Å². The fourth-order valence-corrected chi connectivity index (χ4v) is 5.65. The molecule has 0 amide bonds. The van der Waals surface area contributed by atoms with Crippen LogP contribution in [-0.2, 0) is 14.8 Å². The first-order chi connectivity index (χ1) is 11.0. The topological polar surface area (TPSA) is 49.9 Å². The van der Waals surface area contributed by atoms with E-state index < -0.39 is 10.0 Å². The Morgan fingerprint density at radius 2 is 2.00 bits per heavy atom. The quantitative estimate of drug-likeness (QED) is 0.808. The van der Waals surface area contributed by atoms with E-state index in [0.717, 1.165) is 25.9 Å². The Labute approximate surface area is 143 Å². The van der Waals surface area contributed by atoms with Crippen LogP contribution in [0.1, 0.15) is 12.8 Å². The van der Waals surface area contributed by atoms with Gasteiger partial charge in [0.2, 0.25) is 10.0 Å². The fraction of sp³-hybridized carbons (Fsp3) is 0.625. The summed E-state index contributed by atoms with van der Waals surface area (Å²) in [4.78, 5) is 2.59. The van der Waals surface area contributed by atoms with E-state index in [2.05, 4.69) is 4.90 Å². The Morgan fingerprint density at radius 3 is 2.74 bits per heavy atom. The maximum atomic E-state index is 13.0. The van der Waals surface area contributed by atoms with Gasteiger partial charge in [-0.1, -0.05) is 23.7 Å². The van der Waals surface area contributed by atoms with Gasteiger partial charge in [0.15, 0.2) is 0 Å². The van der Waals surface area contributed by atoms with Crippen molar-refractivity contribution in [1.82, 2.24) is 9.21 Å². The van der Waals surface area contributed by atoms with Crippen LogP contribution in [0.25, 0.3) is 0 Å². The number of sulfonamides is 1. The number of benzene rings is 1. The zero-order chi connectivity index (χ0) is 16.4. The predicted octanol–water partition coefficient (Wildman–Crippen LogP) is 2.07. The minimum atomic E-state index is -3.54. The number of hydrogen-bond donors (Lipinski definition) is 0. The van der Waals surface area contributed by atoms with E-state index in [1.807, 2.05) is 0 Å². The first kappa shape index (κ1) is 17.2. The summed E-state index contributed by atoms with van der Waals surface area (Å²) in [6, 6.07) is 6.95. The summed E-state index contributed by atoms with van der Waals surface area (Å²) >= 11 is 6.12. The summed E-state index contributed by atoms with van der Waals surface area (Å²) in [5.74, 6) is 0.378. The van der Waals surface area contributed by atoms with E-state index in [0.29, 0.717) is 30.6 Å². The van der Waals surface area contributed by atoms with Gasteiger partial charge in [0.25, 0.3) is 0 Å². The molecule has 0 aliphatic carbocycles. The molecule has 23 heavy (non-hydrogen) atoms. The molecule has 0 unspecified atom stereocenters. The van der Waals surface area contributed by atoms with Gasteiger partial charge in [0.05, 0.1) is 11.6 Å². The van der Waals surface area contributed by atoms with Crippen molar-refractivity contribution in [3.63, 3.8) is 0 Å².